The molecule has 30 heavy (non-hydrogen) atoms. The molecule has 2 fully saturated rings. The fraction of sp³-hybridized carbons (Fsp3) is 0.500. The summed E-state index contributed by atoms with van der Waals surface area (Å²) in [6.07, 6.45) is 8.28. The molecule has 0 bridgehead atoms. The fourth-order valence-corrected chi connectivity index (χ4v) is 4.40. The number of amides is 1. The Balaban J connectivity index is 1.39. The lowest BCUT2D eigenvalue weighted by Gasteiger charge is -2.36. The summed E-state index contributed by atoms with van der Waals surface area (Å²) in [7, 11) is 0. The molecule has 2 aromatic rings. The molecule has 1 aromatic carbocycles. The molecule has 2 aliphatic heterocycles. The third-order valence-corrected chi connectivity index (χ3v) is 6.02. The van der Waals surface area contributed by atoms with Gasteiger partial charge in [-0.25, -0.2) is 0 Å². The van der Waals surface area contributed by atoms with Crippen LogP contribution in [0.15, 0.2) is 42.7 Å². The molecule has 6 heteroatoms. The second kappa shape index (κ2) is 9.94. The predicted octanol–water partition coefficient (Wildman–Crippen LogP) is 3.76. The van der Waals surface area contributed by atoms with Gasteiger partial charge in [0.1, 0.15) is 6.61 Å². The van der Waals surface area contributed by atoms with Gasteiger partial charge in [0.05, 0.1) is 6.61 Å². The summed E-state index contributed by atoms with van der Waals surface area (Å²) in [4.78, 5) is 21.8. The Labute approximate surface area is 178 Å². The van der Waals surface area contributed by atoms with Crippen LogP contribution in [0.1, 0.15) is 48.5 Å². The first-order valence-electron chi connectivity index (χ1n) is 11.1. The molecule has 2 aliphatic rings. The smallest absolute Gasteiger partial charge is 0.253 e. The topological polar surface area (TPSA) is 54.9 Å². The molecule has 0 aliphatic carbocycles. The van der Waals surface area contributed by atoms with E-state index in [1.807, 2.05) is 42.2 Å². The molecule has 0 saturated carbocycles. The van der Waals surface area contributed by atoms with E-state index in [4.69, 9.17) is 9.47 Å². The lowest BCUT2D eigenvalue weighted by Crippen LogP contribution is -2.45. The molecule has 160 valence electrons. The van der Waals surface area contributed by atoms with E-state index in [2.05, 4.69) is 9.88 Å². The summed E-state index contributed by atoms with van der Waals surface area (Å²) >= 11 is 0. The van der Waals surface area contributed by atoms with Gasteiger partial charge in [0, 0.05) is 42.7 Å². The van der Waals surface area contributed by atoms with E-state index in [0.717, 1.165) is 31.5 Å². The van der Waals surface area contributed by atoms with E-state index >= 15 is 0 Å². The van der Waals surface area contributed by atoms with Gasteiger partial charge in [-0.15, -0.1) is 0 Å². The molecular weight excluding hydrogens is 378 g/mol. The molecule has 4 rings (SSSR count). The van der Waals surface area contributed by atoms with E-state index in [-0.39, 0.29) is 5.91 Å². The first-order chi connectivity index (χ1) is 14.7. The van der Waals surface area contributed by atoms with Crippen molar-refractivity contribution in [2.24, 2.45) is 0 Å². The van der Waals surface area contributed by atoms with E-state index < -0.39 is 0 Å². The van der Waals surface area contributed by atoms with Crippen LogP contribution in [-0.2, 0) is 6.61 Å². The van der Waals surface area contributed by atoms with Crippen LogP contribution in [-0.4, -0.2) is 59.5 Å². The number of rotatable bonds is 7. The van der Waals surface area contributed by atoms with Crippen molar-refractivity contribution >= 4 is 5.91 Å². The van der Waals surface area contributed by atoms with Gasteiger partial charge in [0.25, 0.3) is 5.91 Å². The number of hydrogen-bond donors (Lipinski definition) is 0. The van der Waals surface area contributed by atoms with Gasteiger partial charge in [0.2, 0.25) is 0 Å². The lowest BCUT2D eigenvalue weighted by atomic mass is 10.0. The van der Waals surface area contributed by atoms with Crippen molar-refractivity contribution in [3.63, 3.8) is 0 Å². The Kier molecular flexibility index (Phi) is 6.84. The largest absolute Gasteiger partial charge is 0.490 e. The third-order valence-electron chi connectivity index (χ3n) is 6.02. The van der Waals surface area contributed by atoms with Crippen molar-refractivity contribution < 1.29 is 14.3 Å². The molecule has 1 aromatic heterocycles. The molecule has 0 unspecified atom stereocenters. The number of benzene rings is 1. The molecule has 0 spiro atoms. The maximum atomic E-state index is 13.1. The Hall–Kier alpha value is -2.60. The second-order valence-electron chi connectivity index (χ2n) is 8.01. The minimum absolute atomic E-state index is 0.0784. The average molecular weight is 410 g/mol. The van der Waals surface area contributed by atoms with E-state index in [9.17, 15) is 4.79 Å². The Morgan fingerprint density at radius 1 is 1.07 bits per heavy atom. The monoisotopic (exact) mass is 409 g/mol. The number of carbonyl (C=O) groups excluding carboxylic acids is 1. The standard InChI is InChI=1S/C24H31N3O3/c1-2-29-23-16-20(7-8-22(23)30-18-19-6-5-11-25-17-19)24(28)27-14-9-21(10-15-27)26-12-3-4-13-26/h5-8,11,16-17,21H,2-4,9-10,12-15,18H2,1H3. The highest BCUT2D eigenvalue weighted by molar-refractivity contribution is 5.95. The maximum Gasteiger partial charge on any atom is 0.253 e. The Morgan fingerprint density at radius 3 is 2.57 bits per heavy atom. The summed E-state index contributed by atoms with van der Waals surface area (Å²) in [5.74, 6) is 1.33. The number of ether oxygens (including phenoxy) is 2. The molecular formula is C24H31N3O3. The minimum Gasteiger partial charge on any atom is -0.490 e. The van der Waals surface area contributed by atoms with Crippen LogP contribution in [0.25, 0.3) is 0 Å². The minimum atomic E-state index is 0.0784. The lowest BCUT2D eigenvalue weighted by molar-refractivity contribution is 0.0644. The van der Waals surface area contributed by atoms with Crippen molar-refractivity contribution in [2.75, 3.05) is 32.8 Å². The number of likely N-dealkylation sites (tertiary alicyclic amines) is 2. The van der Waals surface area contributed by atoms with Gasteiger partial charge in [0.15, 0.2) is 11.5 Å². The summed E-state index contributed by atoms with van der Waals surface area (Å²) in [5.41, 5.74) is 1.65. The second-order valence-corrected chi connectivity index (χ2v) is 8.01. The first-order valence-corrected chi connectivity index (χ1v) is 11.1. The normalized spacial score (nSPS) is 17.8. The van der Waals surface area contributed by atoms with Crippen molar-refractivity contribution in [3.05, 3.63) is 53.9 Å². The molecule has 2 saturated heterocycles. The quantitative estimate of drug-likeness (QED) is 0.697. The van der Waals surface area contributed by atoms with E-state index in [1.54, 1.807) is 12.4 Å². The molecule has 1 amide bonds. The summed E-state index contributed by atoms with van der Waals surface area (Å²) < 4.78 is 11.7. The van der Waals surface area contributed by atoms with Gasteiger partial charge in [-0.3, -0.25) is 9.78 Å². The fourth-order valence-electron chi connectivity index (χ4n) is 4.40. The number of pyridine rings is 1. The van der Waals surface area contributed by atoms with Crippen LogP contribution < -0.4 is 9.47 Å². The molecule has 6 nitrogen and oxygen atoms in total. The van der Waals surface area contributed by atoms with Crippen molar-refractivity contribution in [1.29, 1.82) is 0 Å². The highest BCUT2D eigenvalue weighted by Gasteiger charge is 2.29. The molecule has 0 radical (unpaired) electrons. The van der Waals surface area contributed by atoms with Crippen molar-refractivity contribution in [2.45, 2.75) is 45.3 Å². The number of nitrogens with zero attached hydrogens (tertiary/aromatic N) is 3. The number of carbonyl (C=O) groups is 1. The zero-order valence-corrected chi connectivity index (χ0v) is 17.8. The SMILES string of the molecule is CCOc1cc(C(=O)N2CCC(N3CCCC3)CC2)ccc1OCc1cccnc1. The molecule has 0 N–H and O–H groups in total. The van der Waals surface area contributed by atoms with Crippen LogP contribution in [0, 0.1) is 0 Å². The highest BCUT2D eigenvalue weighted by atomic mass is 16.5. The first kappa shape index (κ1) is 20.7. The van der Waals surface area contributed by atoms with Crippen molar-refractivity contribution in [1.82, 2.24) is 14.8 Å². The predicted molar refractivity (Wildman–Crippen MR) is 116 cm³/mol. The molecule has 0 atom stereocenters. The zero-order chi connectivity index (χ0) is 20.8. The van der Waals surface area contributed by atoms with E-state index in [1.165, 1.54) is 25.9 Å². The zero-order valence-electron chi connectivity index (χ0n) is 17.8. The average Bonchev–Trinajstić information content (AvgIpc) is 3.34. The number of hydrogen-bond acceptors (Lipinski definition) is 5. The van der Waals surface area contributed by atoms with Gasteiger partial charge >= 0.3 is 0 Å². The number of aromatic nitrogens is 1. The summed E-state index contributed by atoms with van der Waals surface area (Å²) in [5, 5.41) is 0. The third kappa shape index (κ3) is 4.93. The van der Waals surface area contributed by atoms with Crippen LogP contribution in [0.5, 0.6) is 11.5 Å². The van der Waals surface area contributed by atoms with Crippen LogP contribution in [0.2, 0.25) is 0 Å². The van der Waals surface area contributed by atoms with E-state index in [0.29, 0.717) is 36.3 Å². The summed E-state index contributed by atoms with van der Waals surface area (Å²) in [6.45, 7) is 6.94. The molecule has 3 heterocycles. The number of piperidine rings is 1. The maximum absolute atomic E-state index is 13.1. The van der Waals surface area contributed by atoms with Crippen LogP contribution >= 0.6 is 0 Å². The van der Waals surface area contributed by atoms with Gasteiger partial charge in [-0.1, -0.05) is 6.07 Å². The Bertz CT molecular complexity index is 829. The summed E-state index contributed by atoms with van der Waals surface area (Å²) in [6, 6.07) is 9.99. The van der Waals surface area contributed by atoms with Crippen LogP contribution in [0.4, 0.5) is 0 Å². The van der Waals surface area contributed by atoms with Gasteiger partial charge in [-0.05, 0) is 70.0 Å². The van der Waals surface area contributed by atoms with Gasteiger partial charge in [-0.2, -0.15) is 0 Å². The van der Waals surface area contributed by atoms with Gasteiger partial charge < -0.3 is 19.3 Å². The highest BCUT2D eigenvalue weighted by Crippen LogP contribution is 2.30. The van der Waals surface area contributed by atoms with Crippen molar-refractivity contribution in [3.8, 4) is 11.5 Å². The Morgan fingerprint density at radius 2 is 1.87 bits per heavy atom. The van der Waals surface area contributed by atoms with Crippen LogP contribution in [0.3, 0.4) is 0 Å².